The first-order valence-electron chi connectivity index (χ1n) is 11.3. The van der Waals surface area contributed by atoms with Crippen LogP contribution in [0.15, 0.2) is 96.0 Å². The van der Waals surface area contributed by atoms with Crippen LogP contribution in [0.4, 0.5) is 11.4 Å². The summed E-state index contributed by atoms with van der Waals surface area (Å²) < 4.78 is 6.96. The second-order valence-electron chi connectivity index (χ2n) is 9.22. The highest BCUT2D eigenvalue weighted by Gasteiger charge is 2.59. The van der Waals surface area contributed by atoms with Crippen LogP contribution < -0.4 is 9.64 Å². The lowest BCUT2D eigenvalue weighted by Gasteiger charge is -2.46. The third kappa shape index (κ3) is 2.64. The lowest BCUT2D eigenvalue weighted by molar-refractivity contribution is 0.0780. The van der Waals surface area contributed by atoms with Crippen LogP contribution in [-0.4, -0.2) is 18.5 Å². The molecule has 3 heteroatoms. The SMILES string of the molecule is CC1(C)c2ccccc2N(CCc2ccccc2)C12C=Nc1c(ccc3ccccc13)O2. The van der Waals surface area contributed by atoms with Crippen LogP contribution in [-0.2, 0) is 11.8 Å². The summed E-state index contributed by atoms with van der Waals surface area (Å²) in [5.41, 5.74) is 3.81. The van der Waals surface area contributed by atoms with Crippen LogP contribution >= 0.6 is 0 Å². The minimum absolute atomic E-state index is 0.271. The van der Waals surface area contributed by atoms with Gasteiger partial charge in [-0.15, -0.1) is 0 Å². The summed E-state index contributed by atoms with van der Waals surface area (Å²) in [5.74, 6) is 0.844. The zero-order valence-electron chi connectivity index (χ0n) is 18.5. The number of para-hydroxylation sites is 1. The van der Waals surface area contributed by atoms with Gasteiger partial charge in [-0.2, -0.15) is 0 Å². The van der Waals surface area contributed by atoms with Crippen LogP contribution in [0.2, 0.25) is 0 Å². The smallest absolute Gasteiger partial charge is 0.228 e. The topological polar surface area (TPSA) is 24.8 Å². The van der Waals surface area contributed by atoms with Gasteiger partial charge in [0.05, 0.1) is 11.6 Å². The summed E-state index contributed by atoms with van der Waals surface area (Å²) in [7, 11) is 0. The average Bonchev–Trinajstić information content (AvgIpc) is 3.01. The number of rotatable bonds is 3. The van der Waals surface area contributed by atoms with Crippen LogP contribution in [0.3, 0.4) is 0 Å². The molecule has 0 fully saturated rings. The fourth-order valence-corrected chi connectivity index (χ4v) is 5.33. The average molecular weight is 419 g/mol. The number of nitrogens with zero attached hydrogens (tertiary/aromatic N) is 2. The zero-order chi connectivity index (χ0) is 21.8. The summed E-state index contributed by atoms with van der Waals surface area (Å²) >= 11 is 0. The van der Waals surface area contributed by atoms with Gasteiger partial charge in [0.15, 0.2) is 0 Å². The molecule has 0 aliphatic carbocycles. The van der Waals surface area contributed by atoms with Crippen molar-refractivity contribution in [3.8, 4) is 5.75 Å². The molecule has 0 aromatic heterocycles. The fourth-order valence-electron chi connectivity index (χ4n) is 5.33. The highest BCUT2D eigenvalue weighted by molar-refractivity contribution is 5.99. The Kier molecular flexibility index (Phi) is 4.16. The summed E-state index contributed by atoms with van der Waals surface area (Å²) in [6.07, 6.45) is 2.99. The first kappa shape index (κ1) is 19.1. The van der Waals surface area contributed by atoms with Crippen LogP contribution in [0.5, 0.6) is 5.75 Å². The summed E-state index contributed by atoms with van der Waals surface area (Å²) in [6.45, 7) is 5.39. The first-order chi connectivity index (χ1) is 15.6. The molecule has 158 valence electrons. The molecule has 3 nitrogen and oxygen atoms in total. The maximum Gasteiger partial charge on any atom is 0.228 e. The summed E-state index contributed by atoms with van der Waals surface area (Å²) in [4.78, 5) is 7.46. The van der Waals surface area contributed by atoms with E-state index in [1.807, 2.05) is 6.21 Å². The maximum absolute atomic E-state index is 6.96. The van der Waals surface area contributed by atoms with Gasteiger partial charge in [-0.25, -0.2) is 0 Å². The van der Waals surface area contributed by atoms with E-state index in [4.69, 9.17) is 9.73 Å². The maximum atomic E-state index is 6.96. The third-order valence-corrected chi connectivity index (χ3v) is 7.13. The monoisotopic (exact) mass is 418 g/mol. The lowest BCUT2D eigenvalue weighted by Crippen LogP contribution is -2.62. The molecular formula is C29H26N2O. The Morgan fingerprint density at radius 3 is 2.44 bits per heavy atom. The van der Waals surface area contributed by atoms with E-state index in [-0.39, 0.29) is 5.41 Å². The van der Waals surface area contributed by atoms with Crippen molar-refractivity contribution in [2.75, 3.05) is 11.4 Å². The molecule has 0 amide bonds. The van der Waals surface area contributed by atoms with Gasteiger partial charge < -0.3 is 9.64 Å². The van der Waals surface area contributed by atoms with Gasteiger partial charge in [-0.3, -0.25) is 4.99 Å². The Morgan fingerprint density at radius 1 is 0.812 bits per heavy atom. The van der Waals surface area contributed by atoms with Crippen molar-refractivity contribution in [2.45, 2.75) is 31.4 Å². The summed E-state index contributed by atoms with van der Waals surface area (Å²) in [6, 6.07) is 31.9. The van der Waals surface area contributed by atoms with E-state index in [2.05, 4.69) is 110 Å². The molecule has 1 atom stereocenters. The van der Waals surface area contributed by atoms with Gasteiger partial charge in [0.25, 0.3) is 0 Å². The van der Waals surface area contributed by atoms with Gasteiger partial charge >= 0.3 is 0 Å². The Morgan fingerprint density at radius 2 is 1.56 bits per heavy atom. The molecule has 1 spiro atoms. The quantitative estimate of drug-likeness (QED) is 0.371. The van der Waals surface area contributed by atoms with Gasteiger partial charge in [-0.05, 0) is 48.9 Å². The molecule has 6 rings (SSSR count). The second kappa shape index (κ2) is 6.96. The van der Waals surface area contributed by atoms with Gasteiger partial charge in [0, 0.05) is 17.6 Å². The normalized spacial score (nSPS) is 20.2. The molecule has 0 radical (unpaired) electrons. The van der Waals surface area contributed by atoms with Crippen LogP contribution in [0.1, 0.15) is 25.0 Å². The van der Waals surface area contributed by atoms with Gasteiger partial charge in [0.1, 0.15) is 11.4 Å². The predicted octanol–water partition coefficient (Wildman–Crippen LogP) is 6.67. The van der Waals surface area contributed by atoms with E-state index < -0.39 is 5.72 Å². The Balaban J connectivity index is 1.47. The molecule has 0 N–H and O–H groups in total. The van der Waals surface area contributed by atoms with Crippen LogP contribution in [0, 0.1) is 0 Å². The number of aliphatic imine (C=N–C) groups is 1. The zero-order valence-corrected chi connectivity index (χ0v) is 18.5. The standard InChI is InChI=1S/C29H26N2O/c1-28(2)24-14-8-9-15-25(24)31(19-18-21-10-4-3-5-11-21)29(28)20-30-27-23-13-7-6-12-22(23)16-17-26(27)32-29/h3-17,20H,18-19H2,1-2H3. The molecule has 0 bridgehead atoms. The minimum Gasteiger partial charge on any atom is -0.459 e. The van der Waals surface area contributed by atoms with Crippen molar-refractivity contribution in [3.05, 3.63) is 102 Å². The summed E-state index contributed by atoms with van der Waals surface area (Å²) in [5, 5.41) is 2.30. The minimum atomic E-state index is -0.680. The van der Waals surface area contributed by atoms with E-state index in [1.165, 1.54) is 22.2 Å². The Labute approximate surface area is 189 Å². The number of ether oxygens (including phenoxy) is 1. The number of hydrogen-bond acceptors (Lipinski definition) is 3. The van der Waals surface area contributed by atoms with Gasteiger partial charge in [-0.1, -0.05) is 78.9 Å². The Hall–Kier alpha value is -3.59. The molecular weight excluding hydrogens is 392 g/mol. The van der Waals surface area contributed by atoms with Crippen molar-refractivity contribution in [3.63, 3.8) is 0 Å². The largest absolute Gasteiger partial charge is 0.459 e. The molecule has 4 aromatic rings. The molecule has 4 aromatic carbocycles. The number of anilines is 1. The van der Waals surface area contributed by atoms with Crippen molar-refractivity contribution >= 4 is 28.4 Å². The van der Waals surface area contributed by atoms with Crippen molar-refractivity contribution in [2.24, 2.45) is 4.99 Å². The lowest BCUT2D eigenvalue weighted by atomic mass is 9.77. The predicted molar refractivity (Wildman–Crippen MR) is 132 cm³/mol. The number of fused-ring (bicyclic) bond motifs is 4. The highest BCUT2D eigenvalue weighted by atomic mass is 16.5. The molecule has 0 saturated carbocycles. The molecule has 0 saturated heterocycles. The molecule has 32 heavy (non-hydrogen) atoms. The highest BCUT2D eigenvalue weighted by Crippen LogP contribution is 2.54. The van der Waals surface area contributed by atoms with E-state index in [0.717, 1.165) is 29.8 Å². The Bertz CT molecular complexity index is 1340. The van der Waals surface area contributed by atoms with E-state index >= 15 is 0 Å². The van der Waals surface area contributed by atoms with Crippen molar-refractivity contribution < 1.29 is 4.74 Å². The third-order valence-electron chi connectivity index (χ3n) is 7.13. The van der Waals surface area contributed by atoms with Crippen LogP contribution in [0.25, 0.3) is 10.8 Å². The number of hydrogen-bond donors (Lipinski definition) is 0. The van der Waals surface area contributed by atoms with E-state index in [0.29, 0.717) is 0 Å². The second-order valence-corrected chi connectivity index (χ2v) is 9.22. The molecule has 2 aliphatic heterocycles. The molecule has 2 heterocycles. The van der Waals surface area contributed by atoms with Crippen molar-refractivity contribution in [1.29, 1.82) is 0 Å². The van der Waals surface area contributed by atoms with Crippen molar-refractivity contribution in [1.82, 2.24) is 0 Å². The first-order valence-corrected chi connectivity index (χ1v) is 11.3. The molecule has 1 unspecified atom stereocenters. The number of benzene rings is 4. The molecule has 2 aliphatic rings. The van der Waals surface area contributed by atoms with E-state index in [9.17, 15) is 0 Å². The fraction of sp³-hybridized carbons (Fsp3) is 0.207. The van der Waals surface area contributed by atoms with Gasteiger partial charge in [0.2, 0.25) is 5.72 Å². The van der Waals surface area contributed by atoms with E-state index in [1.54, 1.807) is 0 Å².